The largest absolute Gasteiger partial charge is 0.355 e. The monoisotopic (exact) mass is 314 g/mol. The number of hydrogen-bond donors (Lipinski definition) is 0. The van der Waals surface area contributed by atoms with E-state index in [1.165, 1.54) is 5.56 Å². The fraction of sp³-hybridized carbons (Fsp3) is 0.579. The van der Waals surface area contributed by atoms with Gasteiger partial charge in [0.1, 0.15) is 5.69 Å². The number of anilines is 1. The van der Waals surface area contributed by atoms with Crippen LogP contribution < -0.4 is 4.90 Å². The van der Waals surface area contributed by atoms with Gasteiger partial charge in [0.15, 0.2) is 5.82 Å². The van der Waals surface area contributed by atoms with Crippen molar-refractivity contribution in [2.24, 2.45) is 5.41 Å². The maximum absolute atomic E-state index is 4.40. The van der Waals surface area contributed by atoms with Gasteiger partial charge in [0, 0.05) is 13.1 Å². The Morgan fingerprint density at radius 3 is 2.09 bits per heavy atom. The zero-order valence-corrected chi connectivity index (χ0v) is 15.4. The lowest BCUT2D eigenvalue weighted by atomic mass is 9.88. The molecule has 2 aromatic rings. The maximum Gasteiger partial charge on any atom is 0.156 e. The van der Waals surface area contributed by atoms with Gasteiger partial charge in [-0.05, 0) is 49.8 Å². The Morgan fingerprint density at radius 1 is 1.00 bits per heavy atom. The van der Waals surface area contributed by atoms with Gasteiger partial charge < -0.3 is 4.90 Å². The highest BCUT2D eigenvalue weighted by atomic mass is 15.5. The van der Waals surface area contributed by atoms with E-state index < -0.39 is 0 Å². The molecule has 0 amide bonds. The molecule has 0 N–H and O–H groups in total. The van der Waals surface area contributed by atoms with Crippen molar-refractivity contribution < 1.29 is 0 Å². The van der Waals surface area contributed by atoms with E-state index in [9.17, 15) is 0 Å². The minimum absolute atomic E-state index is 0.302. The fourth-order valence-electron chi connectivity index (χ4n) is 2.92. The highest BCUT2D eigenvalue weighted by Gasteiger charge is 2.18. The first kappa shape index (κ1) is 17.5. The summed E-state index contributed by atoms with van der Waals surface area (Å²) in [5.41, 5.74) is 3.81. The van der Waals surface area contributed by atoms with Crippen molar-refractivity contribution in [1.82, 2.24) is 15.0 Å². The first-order valence-electron chi connectivity index (χ1n) is 8.68. The van der Waals surface area contributed by atoms with Gasteiger partial charge in [-0.1, -0.05) is 45.0 Å². The molecule has 0 saturated heterocycles. The van der Waals surface area contributed by atoms with Gasteiger partial charge in [0.25, 0.3) is 0 Å². The van der Waals surface area contributed by atoms with Crippen molar-refractivity contribution >= 4 is 5.82 Å². The summed E-state index contributed by atoms with van der Waals surface area (Å²) in [7, 11) is 0. The highest BCUT2D eigenvalue weighted by molar-refractivity contribution is 5.50. The predicted octanol–water partition coefficient (Wildman–Crippen LogP) is 4.26. The van der Waals surface area contributed by atoms with E-state index in [1.807, 2.05) is 4.68 Å². The third-order valence-electron chi connectivity index (χ3n) is 4.03. The summed E-state index contributed by atoms with van der Waals surface area (Å²) in [4.78, 5) is 2.32. The fourth-order valence-corrected chi connectivity index (χ4v) is 2.92. The Kier molecular flexibility index (Phi) is 5.45. The summed E-state index contributed by atoms with van der Waals surface area (Å²) in [5.74, 6) is 1.13. The van der Waals surface area contributed by atoms with Crippen molar-refractivity contribution in [3.05, 3.63) is 35.5 Å². The quantitative estimate of drug-likeness (QED) is 0.798. The van der Waals surface area contributed by atoms with Crippen LogP contribution in [0.15, 0.2) is 24.3 Å². The van der Waals surface area contributed by atoms with Crippen LogP contribution in [0.3, 0.4) is 0 Å². The van der Waals surface area contributed by atoms with Gasteiger partial charge in [-0.3, -0.25) is 0 Å². The molecule has 0 aliphatic heterocycles. The smallest absolute Gasteiger partial charge is 0.156 e. The molecule has 1 aromatic carbocycles. The van der Waals surface area contributed by atoms with Crippen molar-refractivity contribution in [1.29, 1.82) is 0 Å². The van der Waals surface area contributed by atoms with Crippen LogP contribution in [0.4, 0.5) is 5.82 Å². The van der Waals surface area contributed by atoms with Gasteiger partial charge >= 0.3 is 0 Å². The summed E-state index contributed by atoms with van der Waals surface area (Å²) in [6.07, 6.45) is 1.97. The predicted molar refractivity (Wildman–Crippen MR) is 97.5 cm³/mol. The normalized spacial score (nSPS) is 11.7. The van der Waals surface area contributed by atoms with E-state index in [-0.39, 0.29) is 0 Å². The van der Waals surface area contributed by atoms with Crippen molar-refractivity contribution in [2.75, 3.05) is 18.0 Å². The SMILES string of the molecule is CCc1nnn(-c2ccc(CC(C)(C)C)cc2)c1N(CC)CC. The van der Waals surface area contributed by atoms with Crippen LogP contribution in [0, 0.1) is 5.41 Å². The lowest BCUT2D eigenvalue weighted by Crippen LogP contribution is -2.25. The Hall–Kier alpha value is -1.84. The minimum atomic E-state index is 0.302. The minimum Gasteiger partial charge on any atom is -0.355 e. The van der Waals surface area contributed by atoms with Crippen LogP contribution in [0.25, 0.3) is 5.69 Å². The molecule has 126 valence electrons. The number of aromatic nitrogens is 3. The Morgan fingerprint density at radius 2 is 1.61 bits per heavy atom. The molecular weight excluding hydrogens is 284 g/mol. The van der Waals surface area contributed by atoms with Crippen LogP contribution in [0.1, 0.15) is 52.8 Å². The molecule has 0 aliphatic carbocycles. The van der Waals surface area contributed by atoms with E-state index >= 15 is 0 Å². The van der Waals surface area contributed by atoms with Crippen LogP contribution in [0.5, 0.6) is 0 Å². The zero-order chi connectivity index (χ0) is 17.0. The molecule has 0 radical (unpaired) electrons. The lowest BCUT2D eigenvalue weighted by molar-refractivity contribution is 0.411. The van der Waals surface area contributed by atoms with Crippen LogP contribution in [-0.4, -0.2) is 28.1 Å². The third-order valence-corrected chi connectivity index (χ3v) is 4.03. The number of nitrogens with zero attached hydrogens (tertiary/aromatic N) is 4. The van der Waals surface area contributed by atoms with Gasteiger partial charge in [0.05, 0.1) is 5.69 Å². The molecule has 0 bridgehead atoms. The van der Waals surface area contributed by atoms with Gasteiger partial charge in [-0.2, -0.15) is 4.68 Å². The molecule has 0 spiro atoms. The molecule has 4 nitrogen and oxygen atoms in total. The third kappa shape index (κ3) is 4.12. The number of aryl methyl sites for hydroxylation is 1. The molecule has 0 aliphatic rings. The summed E-state index contributed by atoms with van der Waals surface area (Å²) >= 11 is 0. The van der Waals surface area contributed by atoms with Crippen molar-refractivity contribution in [3.8, 4) is 5.69 Å². The molecule has 4 heteroatoms. The average Bonchev–Trinajstić information content (AvgIpc) is 2.92. The second kappa shape index (κ2) is 7.16. The topological polar surface area (TPSA) is 34.0 Å². The second-order valence-electron chi connectivity index (χ2n) is 7.20. The Labute approximate surface area is 140 Å². The van der Waals surface area contributed by atoms with E-state index in [4.69, 9.17) is 0 Å². The number of hydrogen-bond acceptors (Lipinski definition) is 3. The summed E-state index contributed by atoms with van der Waals surface area (Å²) < 4.78 is 1.98. The lowest BCUT2D eigenvalue weighted by Gasteiger charge is -2.22. The zero-order valence-electron chi connectivity index (χ0n) is 15.4. The van der Waals surface area contributed by atoms with E-state index in [1.54, 1.807) is 0 Å². The summed E-state index contributed by atoms with van der Waals surface area (Å²) in [6, 6.07) is 8.73. The highest BCUT2D eigenvalue weighted by Crippen LogP contribution is 2.25. The molecule has 23 heavy (non-hydrogen) atoms. The van der Waals surface area contributed by atoms with Gasteiger partial charge in [-0.25, -0.2) is 0 Å². The first-order chi connectivity index (χ1) is 10.9. The number of benzene rings is 1. The van der Waals surface area contributed by atoms with E-state index in [2.05, 4.69) is 81.0 Å². The molecule has 1 aromatic heterocycles. The van der Waals surface area contributed by atoms with Crippen LogP contribution in [-0.2, 0) is 12.8 Å². The molecule has 0 fully saturated rings. The van der Waals surface area contributed by atoms with Crippen molar-refractivity contribution in [2.45, 2.75) is 54.4 Å². The Balaban J connectivity index is 2.37. The average molecular weight is 314 g/mol. The van der Waals surface area contributed by atoms with Crippen LogP contribution in [0.2, 0.25) is 0 Å². The summed E-state index contributed by atoms with van der Waals surface area (Å²) in [6.45, 7) is 15.2. The summed E-state index contributed by atoms with van der Waals surface area (Å²) in [5, 5.41) is 8.78. The molecule has 0 unspecified atom stereocenters. The van der Waals surface area contributed by atoms with Gasteiger partial charge in [0.2, 0.25) is 0 Å². The standard InChI is InChI=1S/C19H30N4/c1-7-17-18(22(8-2)9-3)23(21-20-17)16-12-10-15(11-13-16)14-19(4,5)6/h10-13H,7-9,14H2,1-6H3. The molecule has 2 rings (SSSR count). The second-order valence-corrected chi connectivity index (χ2v) is 7.20. The molecule has 0 saturated carbocycles. The maximum atomic E-state index is 4.40. The molecule has 1 heterocycles. The van der Waals surface area contributed by atoms with E-state index in [0.29, 0.717) is 5.41 Å². The van der Waals surface area contributed by atoms with Crippen molar-refractivity contribution in [3.63, 3.8) is 0 Å². The van der Waals surface area contributed by atoms with E-state index in [0.717, 1.165) is 43.1 Å². The van der Waals surface area contributed by atoms with Crippen LogP contribution >= 0.6 is 0 Å². The van der Waals surface area contributed by atoms with Gasteiger partial charge in [-0.15, -0.1) is 5.10 Å². The molecule has 0 atom stereocenters. The Bertz CT molecular complexity index is 616. The number of rotatable bonds is 6. The molecular formula is C19H30N4. The first-order valence-corrected chi connectivity index (χ1v) is 8.68.